The fraction of sp³-hybridized carbons (Fsp3) is 0.318. The van der Waals surface area contributed by atoms with Gasteiger partial charge < -0.3 is 10.2 Å². The Labute approximate surface area is 173 Å². The van der Waals surface area contributed by atoms with E-state index in [1.165, 1.54) is 12.8 Å². The predicted octanol–water partition coefficient (Wildman–Crippen LogP) is 3.71. The normalized spacial score (nSPS) is 21.6. The molecule has 6 nitrogen and oxygen atoms in total. The number of imidazole rings is 1. The summed E-state index contributed by atoms with van der Waals surface area (Å²) < 4.78 is 2.01. The highest BCUT2D eigenvalue weighted by molar-refractivity contribution is 7.13. The van der Waals surface area contributed by atoms with E-state index < -0.39 is 0 Å². The van der Waals surface area contributed by atoms with Crippen molar-refractivity contribution in [2.45, 2.75) is 18.9 Å². The van der Waals surface area contributed by atoms with Gasteiger partial charge in [0.15, 0.2) is 5.65 Å². The number of hydrogen-bond acceptors (Lipinski definition) is 6. The molecule has 0 aromatic carbocycles. The van der Waals surface area contributed by atoms with Crippen molar-refractivity contribution < 1.29 is 0 Å². The minimum atomic E-state index is 0.588. The van der Waals surface area contributed by atoms with Crippen molar-refractivity contribution in [2.24, 2.45) is 5.92 Å². The molecule has 0 radical (unpaired) electrons. The zero-order chi connectivity index (χ0) is 19.2. The van der Waals surface area contributed by atoms with Crippen molar-refractivity contribution in [3.63, 3.8) is 0 Å². The molecule has 4 aromatic rings. The van der Waals surface area contributed by atoms with Crippen LogP contribution in [0.1, 0.15) is 12.8 Å². The molecule has 2 unspecified atom stereocenters. The van der Waals surface area contributed by atoms with Crippen LogP contribution in [-0.2, 0) is 0 Å². The summed E-state index contributed by atoms with van der Waals surface area (Å²) in [6.45, 7) is 3.24. The number of piperidine rings is 1. The van der Waals surface area contributed by atoms with Crippen LogP contribution in [0.25, 0.3) is 27.5 Å². The van der Waals surface area contributed by atoms with Gasteiger partial charge in [-0.1, -0.05) is 6.07 Å². The summed E-state index contributed by atoms with van der Waals surface area (Å²) in [5.74, 6) is 1.75. The van der Waals surface area contributed by atoms with Crippen LogP contribution in [0, 0.1) is 5.92 Å². The van der Waals surface area contributed by atoms with Crippen molar-refractivity contribution in [3.05, 3.63) is 54.2 Å². The summed E-state index contributed by atoms with van der Waals surface area (Å²) in [5, 5.41) is 10.8. The largest absolute Gasteiger partial charge is 0.353 e. The lowest BCUT2D eigenvalue weighted by atomic mass is 9.94. The fourth-order valence-electron chi connectivity index (χ4n) is 4.68. The summed E-state index contributed by atoms with van der Waals surface area (Å²) in [4.78, 5) is 12.7. The van der Waals surface area contributed by atoms with E-state index in [-0.39, 0.29) is 0 Å². The van der Waals surface area contributed by atoms with Gasteiger partial charge in [0.2, 0.25) is 0 Å². The highest BCUT2D eigenvalue weighted by atomic mass is 32.1. The molecule has 0 spiro atoms. The molecule has 29 heavy (non-hydrogen) atoms. The monoisotopic (exact) mass is 402 g/mol. The molecule has 6 heterocycles. The summed E-state index contributed by atoms with van der Waals surface area (Å²) in [5.41, 5.74) is 3.96. The van der Waals surface area contributed by atoms with Crippen LogP contribution in [0.4, 0.5) is 5.82 Å². The second-order valence-corrected chi connectivity index (χ2v) is 8.80. The number of aromatic nitrogens is 4. The Morgan fingerprint density at radius 3 is 2.83 bits per heavy atom. The van der Waals surface area contributed by atoms with Crippen LogP contribution in [-0.4, -0.2) is 45.3 Å². The van der Waals surface area contributed by atoms with E-state index in [1.54, 1.807) is 11.3 Å². The predicted molar refractivity (Wildman–Crippen MR) is 116 cm³/mol. The number of rotatable bonds is 3. The molecule has 0 saturated carbocycles. The maximum atomic E-state index is 5.06. The number of nitrogens with one attached hydrogen (secondary N) is 1. The summed E-state index contributed by atoms with van der Waals surface area (Å²) in [7, 11) is 0. The molecule has 2 aliphatic rings. The van der Waals surface area contributed by atoms with Crippen molar-refractivity contribution in [3.8, 4) is 21.8 Å². The third kappa shape index (κ3) is 2.92. The lowest BCUT2D eigenvalue weighted by molar-refractivity contribution is 0.340. The van der Waals surface area contributed by atoms with Gasteiger partial charge in [-0.25, -0.2) is 9.50 Å². The first kappa shape index (κ1) is 17.1. The number of anilines is 1. The molecule has 1 N–H and O–H groups in total. The standard InChI is InChI=1S/C22H22N6S/c1-3-16-13-27(14-17(16)24-9-1)20-6-5-19-25-21(18-4-2-12-29-18)22(28(19)26-20)15-7-10-23-11-8-15/h2,4-8,10-12,16-17,24H,1,3,9,13-14H2. The average molecular weight is 403 g/mol. The van der Waals surface area contributed by atoms with Gasteiger partial charge in [-0.15, -0.1) is 16.4 Å². The molecule has 6 rings (SSSR count). The van der Waals surface area contributed by atoms with Crippen LogP contribution in [0.3, 0.4) is 0 Å². The molecule has 146 valence electrons. The molecule has 4 aromatic heterocycles. The lowest BCUT2D eigenvalue weighted by Gasteiger charge is -2.24. The number of hydrogen-bond donors (Lipinski definition) is 1. The highest BCUT2D eigenvalue weighted by Crippen LogP contribution is 2.35. The lowest BCUT2D eigenvalue weighted by Crippen LogP contribution is -2.40. The van der Waals surface area contributed by atoms with E-state index in [9.17, 15) is 0 Å². The highest BCUT2D eigenvalue weighted by Gasteiger charge is 2.35. The maximum Gasteiger partial charge on any atom is 0.155 e. The minimum absolute atomic E-state index is 0.588. The summed E-state index contributed by atoms with van der Waals surface area (Å²) in [6.07, 6.45) is 6.24. The molecule has 0 bridgehead atoms. The van der Waals surface area contributed by atoms with Gasteiger partial charge in [0, 0.05) is 37.1 Å². The first-order valence-corrected chi connectivity index (χ1v) is 11.1. The number of thiophene rings is 1. The molecule has 0 amide bonds. The van der Waals surface area contributed by atoms with E-state index in [1.807, 2.05) is 29.0 Å². The molecule has 2 atom stereocenters. The summed E-state index contributed by atoms with van der Waals surface area (Å²) >= 11 is 1.71. The molecular weight excluding hydrogens is 380 g/mol. The number of pyridine rings is 1. The smallest absolute Gasteiger partial charge is 0.155 e. The van der Waals surface area contributed by atoms with Crippen LogP contribution < -0.4 is 10.2 Å². The number of fused-ring (bicyclic) bond motifs is 2. The summed E-state index contributed by atoms with van der Waals surface area (Å²) in [6, 6.07) is 13.1. The van der Waals surface area contributed by atoms with Gasteiger partial charge in [-0.3, -0.25) is 4.98 Å². The van der Waals surface area contributed by atoms with Crippen molar-refractivity contribution in [1.29, 1.82) is 0 Å². The van der Waals surface area contributed by atoms with Crippen LogP contribution in [0.15, 0.2) is 54.2 Å². The molecule has 2 fully saturated rings. The topological polar surface area (TPSA) is 58.4 Å². The Kier molecular flexibility index (Phi) is 4.09. The quantitative estimate of drug-likeness (QED) is 0.566. The second-order valence-electron chi connectivity index (χ2n) is 7.85. The van der Waals surface area contributed by atoms with Crippen molar-refractivity contribution in [1.82, 2.24) is 24.9 Å². The third-order valence-corrected chi connectivity index (χ3v) is 6.97. The Morgan fingerprint density at radius 1 is 1.07 bits per heavy atom. The Hall–Kier alpha value is -2.77. The first-order valence-electron chi connectivity index (χ1n) is 10.2. The van der Waals surface area contributed by atoms with Gasteiger partial charge in [-0.05, 0) is 61.0 Å². The van der Waals surface area contributed by atoms with Crippen LogP contribution in [0.5, 0.6) is 0 Å². The van der Waals surface area contributed by atoms with E-state index >= 15 is 0 Å². The Morgan fingerprint density at radius 2 is 2.00 bits per heavy atom. The van der Waals surface area contributed by atoms with E-state index in [0.717, 1.165) is 58.8 Å². The fourth-order valence-corrected chi connectivity index (χ4v) is 5.39. The second kappa shape index (κ2) is 6.93. The third-order valence-electron chi connectivity index (χ3n) is 6.09. The Balaban J connectivity index is 1.48. The van der Waals surface area contributed by atoms with Gasteiger partial charge in [0.25, 0.3) is 0 Å². The minimum Gasteiger partial charge on any atom is -0.353 e. The Bertz CT molecular complexity index is 1120. The molecule has 7 heteroatoms. The molecular formula is C22H22N6S. The average Bonchev–Trinajstić information content (AvgIpc) is 3.51. The van der Waals surface area contributed by atoms with E-state index in [2.05, 4.69) is 44.8 Å². The SMILES string of the molecule is c1csc(-c2nc3ccc(N4CC5CCCNC5C4)nn3c2-c2ccncc2)c1. The van der Waals surface area contributed by atoms with Gasteiger partial charge in [-0.2, -0.15) is 0 Å². The van der Waals surface area contributed by atoms with Gasteiger partial charge in [0.1, 0.15) is 17.2 Å². The molecule has 2 aliphatic heterocycles. The first-order chi connectivity index (χ1) is 14.4. The van der Waals surface area contributed by atoms with Crippen LogP contribution >= 0.6 is 11.3 Å². The zero-order valence-corrected chi connectivity index (χ0v) is 16.8. The molecule has 2 saturated heterocycles. The van der Waals surface area contributed by atoms with Crippen molar-refractivity contribution >= 4 is 22.8 Å². The van der Waals surface area contributed by atoms with E-state index in [4.69, 9.17) is 10.1 Å². The van der Waals surface area contributed by atoms with Crippen molar-refractivity contribution in [2.75, 3.05) is 24.5 Å². The van der Waals surface area contributed by atoms with Crippen LogP contribution in [0.2, 0.25) is 0 Å². The van der Waals surface area contributed by atoms with Gasteiger partial charge >= 0.3 is 0 Å². The van der Waals surface area contributed by atoms with Gasteiger partial charge in [0.05, 0.1) is 4.88 Å². The van der Waals surface area contributed by atoms with E-state index in [0.29, 0.717) is 6.04 Å². The molecule has 0 aliphatic carbocycles. The number of nitrogens with zero attached hydrogens (tertiary/aromatic N) is 5. The maximum absolute atomic E-state index is 5.06. The zero-order valence-electron chi connectivity index (χ0n) is 16.0.